The molecule has 0 aliphatic heterocycles. The number of carbonyl (C=O) groups excluding carboxylic acids is 2. The highest BCUT2D eigenvalue weighted by Crippen LogP contribution is 2.20. The van der Waals surface area contributed by atoms with E-state index in [4.69, 9.17) is 11.6 Å². The number of hydrogen-bond acceptors (Lipinski definition) is 4. The number of halogens is 1. The van der Waals surface area contributed by atoms with Crippen molar-refractivity contribution >= 4 is 40.0 Å². The number of nitrogens with one attached hydrogen (secondary N) is 1. The van der Waals surface area contributed by atoms with Crippen LogP contribution in [0, 0.1) is 13.8 Å². The van der Waals surface area contributed by atoms with Gasteiger partial charge < -0.3 is 9.88 Å². The fraction of sp³-hybridized carbons (Fsp3) is 0.185. The number of ketones is 1. The summed E-state index contributed by atoms with van der Waals surface area (Å²) in [5, 5.41) is 3.64. The second-order valence-electron chi connectivity index (χ2n) is 8.22. The second kappa shape index (κ2) is 9.61. The van der Waals surface area contributed by atoms with Crippen LogP contribution in [-0.2, 0) is 17.8 Å². The summed E-state index contributed by atoms with van der Waals surface area (Å²) in [6, 6.07) is 15.8. The lowest BCUT2D eigenvalue weighted by molar-refractivity contribution is -0.116. The highest BCUT2D eigenvalue weighted by atomic mass is 35.5. The van der Waals surface area contributed by atoms with Gasteiger partial charge in [-0.3, -0.25) is 14.4 Å². The first-order valence-electron chi connectivity index (χ1n) is 11.0. The van der Waals surface area contributed by atoms with Gasteiger partial charge in [-0.15, -0.1) is 0 Å². The first-order chi connectivity index (χ1) is 16.3. The molecule has 0 saturated carbocycles. The van der Waals surface area contributed by atoms with E-state index < -0.39 is 11.2 Å². The van der Waals surface area contributed by atoms with Crippen LogP contribution in [0.4, 0.5) is 5.69 Å². The van der Waals surface area contributed by atoms with Crippen LogP contribution in [0.3, 0.4) is 0 Å². The monoisotopic (exact) mass is 473 g/mol. The van der Waals surface area contributed by atoms with Gasteiger partial charge in [0.05, 0.1) is 10.9 Å². The van der Waals surface area contributed by atoms with Crippen molar-refractivity contribution in [3.05, 3.63) is 104 Å². The average Bonchev–Trinajstić information content (AvgIpc) is 2.82. The second-order valence-corrected chi connectivity index (χ2v) is 8.62. The van der Waals surface area contributed by atoms with Crippen molar-refractivity contribution in [1.82, 2.24) is 9.55 Å². The van der Waals surface area contributed by atoms with E-state index in [1.165, 1.54) is 6.20 Å². The molecule has 0 saturated heterocycles. The fourth-order valence-electron chi connectivity index (χ4n) is 3.72. The molecule has 0 unspecified atom stereocenters. The third-order valence-corrected chi connectivity index (χ3v) is 6.11. The Morgan fingerprint density at radius 1 is 1.03 bits per heavy atom. The Bertz CT molecular complexity index is 1470. The van der Waals surface area contributed by atoms with Crippen LogP contribution < -0.4 is 10.7 Å². The molecule has 0 fully saturated rings. The molecule has 4 aromatic rings. The van der Waals surface area contributed by atoms with Crippen molar-refractivity contribution in [3.63, 3.8) is 0 Å². The molecule has 4 rings (SSSR count). The smallest absolute Gasteiger partial charge is 0.244 e. The molecular weight excluding hydrogens is 450 g/mol. The predicted octanol–water partition coefficient (Wildman–Crippen LogP) is 5.10. The molecule has 0 bridgehead atoms. The van der Waals surface area contributed by atoms with E-state index in [1.807, 2.05) is 32.0 Å². The van der Waals surface area contributed by atoms with E-state index in [0.717, 1.165) is 17.5 Å². The maximum Gasteiger partial charge on any atom is 0.244 e. The van der Waals surface area contributed by atoms with Gasteiger partial charge in [0.15, 0.2) is 5.78 Å². The molecule has 2 aromatic carbocycles. The minimum absolute atomic E-state index is 0.00594. The van der Waals surface area contributed by atoms with Crippen LogP contribution in [0.1, 0.15) is 39.7 Å². The maximum absolute atomic E-state index is 13.2. The van der Waals surface area contributed by atoms with Crippen LogP contribution in [0.5, 0.6) is 0 Å². The molecule has 6 nitrogen and oxygen atoms in total. The van der Waals surface area contributed by atoms with Crippen molar-refractivity contribution in [2.45, 2.75) is 33.7 Å². The predicted molar refractivity (Wildman–Crippen MR) is 135 cm³/mol. The first-order valence-corrected chi connectivity index (χ1v) is 11.3. The SMILES string of the molecule is CCc1ccc(C(=O)c2cn(CC(=O)Nc3ccc(C)c(Cl)c3)c3nc(C)ccc3c2=O)cc1. The Kier molecular flexibility index (Phi) is 6.61. The van der Waals surface area contributed by atoms with E-state index in [2.05, 4.69) is 10.3 Å². The molecule has 172 valence electrons. The Labute approximate surface area is 202 Å². The van der Waals surface area contributed by atoms with Crippen LogP contribution >= 0.6 is 11.6 Å². The van der Waals surface area contributed by atoms with E-state index in [-0.39, 0.29) is 23.4 Å². The van der Waals surface area contributed by atoms with Gasteiger partial charge in [-0.25, -0.2) is 4.98 Å². The summed E-state index contributed by atoms with van der Waals surface area (Å²) in [5.41, 5.74) is 3.60. The molecule has 0 aliphatic rings. The van der Waals surface area contributed by atoms with E-state index in [1.54, 1.807) is 47.9 Å². The molecule has 7 heteroatoms. The first kappa shape index (κ1) is 23.4. The number of pyridine rings is 2. The summed E-state index contributed by atoms with van der Waals surface area (Å²) in [6.07, 6.45) is 2.28. The molecule has 0 spiro atoms. The van der Waals surface area contributed by atoms with Crippen LogP contribution in [-0.4, -0.2) is 21.2 Å². The highest BCUT2D eigenvalue weighted by molar-refractivity contribution is 6.31. The standard InChI is InChI=1S/C27H24ClN3O3/c1-4-18-7-9-19(10-8-18)25(33)22-14-31(27-21(26(22)34)12-6-17(3)29-27)15-24(32)30-20-11-5-16(2)23(28)13-20/h5-14H,4,15H2,1-3H3,(H,30,32). The minimum atomic E-state index is -0.408. The van der Waals surface area contributed by atoms with Gasteiger partial charge >= 0.3 is 0 Å². The minimum Gasteiger partial charge on any atom is -0.324 e. The van der Waals surface area contributed by atoms with Crippen molar-refractivity contribution in [1.29, 1.82) is 0 Å². The Hall–Kier alpha value is -3.77. The molecule has 2 heterocycles. The Morgan fingerprint density at radius 2 is 1.76 bits per heavy atom. The van der Waals surface area contributed by atoms with Gasteiger partial charge in [-0.1, -0.05) is 48.9 Å². The van der Waals surface area contributed by atoms with Crippen molar-refractivity contribution in [2.24, 2.45) is 0 Å². The van der Waals surface area contributed by atoms with Crippen LogP contribution in [0.2, 0.25) is 5.02 Å². The summed E-state index contributed by atoms with van der Waals surface area (Å²) in [5.74, 6) is -0.728. The van der Waals surface area contributed by atoms with Crippen molar-refractivity contribution in [2.75, 3.05) is 5.32 Å². The Balaban J connectivity index is 1.74. The number of nitrogens with zero attached hydrogens (tertiary/aromatic N) is 2. The zero-order valence-corrected chi connectivity index (χ0v) is 19.9. The van der Waals surface area contributed by atoms with E-state index in [0.29, 0.717) is 27.6 Å². The number of hydrogen-bond donors (Lipinski definition) is 1. The lowest BCUT2D eigenvalue weighted by Crippen LogP contribution is -2.25. The number of fused-ring (bicyclic) bond motifs is 1. The molecule has 34 heavy (non-hydrogen) atoms. The zero-order chi connectivity index (χ0) is 24.4. The number of aromatic nitrogens is 2. The summed E-state index contributed by atoms with van der Waals surface area (Å²) in [6.45, 7) is 5.58. The van der Waals surface area contributed by atoms with Crippen molar-refractivity contribution < 1.29 is 9.59 Å². The summed E-state index contributed by atoms with van der Waals surface area (Å²) in [7, 11) is 0. The summed E-state index contributed by atoms with van der Waals surface area (Å²) in [4.78, 5) is 43.7. The van der Waals surface area contributed by atoms with Crippen molar-refractivity contribution in [3.8, 4) is 0 Å². The maximum atomic E-state index is 13.2. The van der Waals surface area contributed by atoms with E-state index >= 15 is 0 Å². The largest absolute Gasteiger partial charge is 0.324 e. The number of benzene rings is 2. The van der Waals surface area contributed by atoms with Gasteiger partial charge in [0.25, 0.3) is 0 Å². The highest BCUT2D eigenvalue weighted by Gasteiger charge is 2.19. The third-order valence-electron chi connectivity index (χ3n) is 5.70. The lowest BCUT2D eigenvalue weighted by Gasteiger charge is -2.14. The van der Waals surface area contributed by atoms with Gasteiger partial charge in [-0.2, -0.15) is 0 Å². The average molecular weight is 474 g/mol. The summed E-state index contributed by atoms with van der Waals surface area (Å²) < 4.78 is 1.54. The molecule has 2 aromatic heterocycles. The molecule has 1 amide bonds. The number of anilines is 1. The molecule has 0 aliphatic carbocycles. The number of aryl methyl sites for hydroxylation is 3. The zero-order valence-electron chi connectivity index (χ0n) is 19.2. The molecule has 1 N–H and O–H groups in total. The molecule has 0 radical (unpaired) electrons. The third kappa shape index (κ3) is 4.77. The molecular formula is C27H24ClN3O3. The quantitative estimate of drug-likeness (QED) is 0.395. The normalized spacial score (nSPS) is 10.9. The van der Waals surface area contributed by atoms with Gasteiger partial charge in [0.1, 0.15) is 12.2 Å². The number of carbonyl (C=O) groups is 2. The van der Waals surface area contributed by atoms with Gasteiger partial charge in [0.2, 0.25) is 11.3 Å². The van der Waals surface area contributed by atoms with Crippen LogP contribution in [0.15, 0.2) is 65.6 Å². The lowest BCUT2D eigenvalue weighted by atomic mass is 10.0. The fourth-order valence-corrected chi connectivity index (χ4v) is 3.90. The number of amides is 1. The van der Waals surface area contributed by atoms with Crippen LogP contribution in [0.25, 0.3) is 11.0 Å². The topological polar surface area (TPSA) is 81.1 Å². The Morgan fingerprint density at radius 3 is 2.44 bits per heavy atom. The summed E-state index contributed by atoms with van der Waals surface area (Å²) >= 11 is 6.16. The number of rotatable bonds is 6. The van der Waals surface area contributed by atoms with E-state index in [9.17, 15) is 14.4 Å². The van der Waals surface area contributed by atoms with Gasteiger partial charge in [0, 0.05) is 28.2 Å². The molecule has 0 atom stereocenters. The van der Waals surface area contributed by atoms with Gasteiger partial charge in [-0.05, 0) is 55.7 Å².